The minimum atomic E-state index is -0.0806. The number of nitrogens with zero attached hydrogens (tertiary/aromatic N) is 4. The zero-order chi connectivity index (χ0) is 21.8. The summed E-state index contributed by atoms with van der Waals surface area (Å²) in [6.45, 7) is 4.28. The predicted octanol–water partition coefficient (Wildman–Crippen LogP) is 4.96. The molecular formula is C23H25N5O2S. The molecule has 0 radical (unpaired) electrons. The molecule has 0 saturated carbocycles. The van der Waals surface area contributed by atoms with E-state index in [4.69, 9.17) is 4.42 Å². The lowest BCUT2D eigenvalue weighted by molar-refractivity contribution is -0.116. The van der Waals surface area contributed by atoms with Gasteiger partial charge in [0.1, 0.15) is 11.6 Å². The number of amides is 1. The summed E-state index contributed by atoms with van der Waals surface area (Å²) in [5.74, 6) is 2.78. The van der Waals surface area contributed by atoms with Crippen LogP contribution in [0.4, 0.5) is 5.13 Å². The molecule has 0 saturated heterocycles. The quantitative estimate of drug-likeness (QED) is 0.423. The number of hydrogen-bond acceptors (Lipinski definition) is 6. The fourth-order valence-corrected chi connectivity index (χ4v) is 4.03. The first-order valence-corrected chi connectivity index (χ1v) is 11.1. The summed E-state index contributed by atoms with van der Waals surface area (Å²) in [7, 11) is 1.97. The number of para-hydroxylation sites is 2. The summed E-state index contributed by atoms with van der Waals surface area (Å²) in [6.07, 6.45) is 8.97. The predicted molar refractivity (Wildman–Crippen MR) is 124 cm³/mol. The van der Waals surface area contributed by atoms with Crippen molar-refractivity contribution in [3.05, 3.63) is 59.0 Å². The minimum absolute atomic E-state index is 0.0806. The van der Waals surface area contributed by atoms with Crippen molar-refractivity contribution in [3.8, 4) is 0 Å². The Hall–Kier alpha value is -3.26. The van der Waals surface area contributed by atoms with Crippen LogP contribution in [-0.2, 0) is 24.7 Å². The summed E-state index contributed by atoms with van der Waals surface area (Å²) >= 11 is 1.41. The van der Waals surface area contributed by atoms with Gasteiger partial charge in [0.2, 0.25) is 11.8 Å². The van der Waals surface area contributed by atoms with Gasteiger partial charge in [-0.25, -0.2) is 15.0 Å². The molecule has 1 amide bonds. The average Bonchev–Trinajstić information content (AvgIpc) is 3.45. The lowest BCUT2D eigenvalue weighted by Gasteiger charge is -2.03. The maximum Gasteiger partial charge on any atom is 0.226 e. The SMILES string of the molecule is CC(C)Cc1cnc(/C=C/c2cnc(NC(=O)CCc3nc4ccccc4n3C)s2)o1. The van der Waals surface area contributed by atoms with Crippen molar-refractivity contribution in [2.24, 2.45) is 13.0 Å². The number of anilines is 1. The Morgan fingerprint density at radius 1 is 1.23 bits per heavy atom. The van der Waals surface area contributed by atoms with Crippen molar-refractivity contribution in [2.75, 3.05) is 5.32 Å². The molecular weight excluding hydrogens is 410 g/mol. The van der Waals surface area contributed by atoms with Crippen molar-refractivity contribution in [3.63, 3.8) is 0 Å². The lowest BCUT2D eigenvalue weighted by atomic mass is 10.1. The van der Waals surface area contributed by atoms with Crippen LogP contribution < -0.4 is 5.32 Å². The molecule has 0 atom stereocenters. The zero-order valence-corrected chi connectivity index (χ0v) is 18.6. The van der Waals surface area contributed by atoms with Crippen LogP contribution in [0.25, 0.3) is 23.2 Å². The minimum Gasteiger partial charge on any atom is -0.442 e. The molecule has 3 aromatic heterocycles. The molecule has 7 nitrogen and oxygen atoms in total. The van der Waals surface area contributed by atoms with E-state index in [9.17, 15) is 4.79 Å². The Morgan fingerprint density at radius 3 is 2.87 bits per heavy atom. The third-order valence-electron chi connectivity index (χ3n) is 4.80. The van der Waals surface area contributed by atoms with Gasteiger partial charge in [0.05, 0.1) is 17.2 Å². The molecule has 0 aliphatic rings. The van der Waals surface area contributed by atoms with Crippen LogP contribution in [0.3, 0.4) is 0 Å². The first-order valence-electron chi connectivity index (χ1n) is 10.3. The second-order valence-electron chi connectivity index (χ2n) is 7.79. The molecule has 0 spiro atoms. The maximum atomic E-state index is 12.4. The number of fused-ring (bicyclic) bond motifs is 1. The smallest absolute Gasteiger partial charge is 0.226 e. The molecule has 0 aliphatic carbocycles. The van der Waals surface area contributed by atoms with Crippen LogP contribution >= 0.6 is 11.3 Å². The van der Waals surface area contributed by atoms with Crippen LogP contribution in [0.1, 0.15) is 42.6 Å². The number of aromatic nitrogens is 4. The fourth-order valence-electron chi connectivity index (χ4n) is 3.30. The van der Waals surface area contributed by atoms with Gasteiger partial charge in [0.25, 0.3) is 0 Å². The number of rotatable bonds is 8. The Bertz CT molecular complexity index is 1220. The Labute approximate surface area is 184 Å². The molecule has 4 rings (SSSR count). The van der Waals surface area contributed by atoms with Gasteiger partial charge in [-0.2, -0.15) is 0 Å². The van der Waals surface area contributed by atoms with Gasteiger partial charge in [-0.05, 0) is 24.1 Å². The van der Waals surface area contributed by atoms with Crippen molar-refractivity contribution in [1.29, 1.82) is 0 Å². The zero-order valence-electron chi connectivity index (χ0n) is 17.8. The number of imidazole rings is 1. The van der Waals surface area contributed by atoms with Crippen molar-refractivity contribution in [2.45, 2.75) is 33.1 Å². The van der Waals surface area contributed by atoms with Crippen LogP contribution in [-0.4, -0.2) is 25.4 Å². The summed E-state index contributed by atoms with van der Waals surface area (Å²) in [5, 5.41) is 3.44. The van der Waals surface area contributed by atoms with E-state index in [0.29, 0.717) is 29.8 Å². The number of thiazole rings is 1. The van der Waals surface area contributed by atoms with E-state index in [2.05, 4.69) is 34.1 Å². The third-order valence-corrected chi connectivity index (χ3v) is 5.67. The van der Waals surface area contributed by atoms with E-state index in [1.165, 1.54) is 11.3 Å². The number of carbonyl (C=O) groups excluding carboxylic acids is 1. The van der Waals surface area contributed by atoms with Crippen molar-refractivity contribution in [1.82, 2.24) is 19.5 Å². The second-order valence-corrected chi connectivity index (χ2v) is 8.85. The molecule has 1 aromatic carbocycles. The molecule has 4 aromatic rings. The highest BCUT2D eigenvalue weighted by molar-refractivity contribution is 7.16. The van der Waals surface area contributed by atoms with E-state index in [0.717, 1.165) is 33.9 Å². The van der Waals surface area contributed by atoms with E-state index < -0.39 is 0 Å². The lowest BCUT2D eigenvalue weighted by Crippen LogP contribution is -2.13. The average molecular weight is 436 g/mol. The normalized spacial score (nSPS) is 11.7. The highest BCUT2D eigenvalue weighted by atomic mass is 32.1. The number of benzene rings is 1. The number of oxazole rings is 1. The van der Waals surface area contributed by atoms with Gasteiger partial charge in [-0.1, -0.05) is 37.3 Å². The first-order chi connectivity index (χ1) is 15.0. The highest BCUT2D eigenvalue weighted by Gasteiger charge is 2.11. The van der Waals surface area contributed by atoms with E-state index in [-0.39, 0.29) is 5.91 Å². The van der Waals surface area contributed by atoms with Crippen molar-refractivity contribution < 1.29 is 9.21 Å². The number of nitrogens with one attached hydrogen (secondary N) is 1. The third kappa shape index (κ3) is 5.27. The molecule has 3 heterocycles. The number of carbonyl (C=O) groups is 1. The van der Waals surface area contributed by atoms with E-state index in [1.54, 1.807) is 12.4 Å². The Morgan fingerprint density at radius 2 is 2.06 bits per heavy atom. The molecule has 31 heavy (non-hydrogen) atoms. The largest absolute Gasteiger partial charge is 0.442 e. The van der Waals surface area contributed by atoms with Crippen molar-refractivity contribution >= 4 is 45.6 Å². The Balaban J connectivity index is 1.31. The van der Waals surface area contributed by atoms with Gasteiger partial charge in [-0.15, -0.1) is 0 Å². The van der Waals surface area contributed by atoms with Crippen LogP contribution in [0.2, 0.25) is 0 Å². The first kappa shape index (κ1) is 21.0. The molecule has 160 valence electrons. The highest BCUT2D eigenvalue weighted by Crippen LogP contribution is 2.21. The van der Waals surface area contributed by atoms with E-state index in [1.807, 2.05) is 48.0 Å². The van der Waals surface area contributed by atoms with Gasteiger partial charge in [-0.3, -0.25) is 4.79 Å². The van der Waals surface area contributed by atoms with Gasteiger partial charge in [0, 0.05) is 43.5 Å². The molecule has 0 unspecified atom stereocenters. The summed E-state index contributed by atoms with van der Waals surface area (Å²) in [4.78, 5) is 26.4. The van der Waals surface area contributed by atoms with Crippen LogP contribution in [0, 0.1) is 5.92 Å². The molecule has 1 N–H and O–H groups in total. The maximum absolute atomic E-state index is 12.4. The summed E-state index contributed by atoms with van der Waals surface area (Å²) in [6, 6.07) is 7.96. The molecule has 0 bridgehead atoms. The molecule has 0 aliphatic heterocycles. The van der Waals surface area contributed by atoms with Gasteiger partial charge in [0.15, 0.2) is 5.13 Å². The second kappa shape index (κ2) is 9.26. The summed E-state index contributed by atoms with van der Waals surface area (Å²) < 4.78 is 7.73. The summed E-state index contributed by atoms with van der Waals surface area (Å²) in [5.41, 5.74) is 2.01. The topological polar surface area (TPSA) is 85.8 Å². The fraction of sp³-hybridized carbons (Fsp3) is 0.304. The van der Waals surface area contributed by atoms with Gasteiger partial charge >= 0.3 is 0 Å². The van der Waals surface area contributed by atoms with Gasteiger partial charge < -0.3 is 14.3 Å². The number of aryl methyl sites for hydroxylation is 2. The Kier molecular flexibility index (Phi) is 6.27. The van der Waals surface area contributed by atoms with Crippen LogP contribution in [0.5, 0.6) is 0 Å². The molecule has 0 fully saturated rings. The monoisotopic (exact) mass is 435 g/mol. The van der Waals surface area contributed by atoms with Crippen LogP contribution in [0.15, 0.2) is 41.1 Å². The molecule has 8 heteroatoms. The standard InChI is InChI=1S/C23H25N5O2S/c1-15(2)12-16-13-24-22(30-16)11-8-17-14-25-23(31-17)27-21(29)10-9-20-26-18-6-4-5-7-19(18)28(20)3/h4-8,11,13-15H,9-10,12H2,1-3H3,(H,25,27,29)/b11-8+. The number of hydrogen-bond donors (Lipinski definition) is 1. The van der Waals surface area contributed by atoms with E-state index >= 15 is 0 Å².